The van der Waals surface area contributed by atoms with Gasteiger partial charge in [0.1, 0.15) is 0 Å². The Kier molecular flexibility index (Phi) is 4.40. The van der Waals surface area contributed by atoms with Gasteiger partial charge in [0.2, 0.25) is 0 Å². The molecule has 2 aromatic carbocycles. The molecule has 1 aliphatic heterocycles. The lowest BCUT2D eigenvalue weighted by Gasteiger charge is -2.34. The molecule has 1 heteroatoms. The average molecular weight is 279 g/mol. The van der Waals surface area contributed by atoms with Gasteiger partial charge in [0, 0.05) is 0 Å². The van der Waals surface area contributed by atoms with E-state index in [-0.39, 0.29) is 0 Å². The Bertz CT molecular complexity index is 588. The van der Waals surface area contributed by atoms with Crippen LogP contribution in [0.2, 0.25) is 0 Å². The molecule has 1 saturated heterocycles. The van der Waals surface area contributed by atoms with Crippen molar-refractivity contribution in [2.45, 2.75) is 32.6 Å². The zero-order valence-electron chi connectivity index (χ0n) is 13.1. The Morgan fingerprint density at radius 3 is 2.62 bits per heavy atom. The molecule has 0 amide bonds. The summed E-state index contributed by atoms with van der Waals surface area (Å²) in [5.74, 6) is 1.38. The summed E-state index contributed by atoms with van der Waals surface area (Å²) in [5.41, 5.74) is 5.94. The minimum atomic E-state index is 0.686. The maximum absolute atomic E-state index is 3.59. The minimum absolute atomic E-state index is 0.686. The molecular formula is C20H25N. The Labute approximate surface area is 128 Å². The third-order valence-electron chi connectivity index (χ3n) is 4.99. The molecule has 3 rings (SSSR count). The fourth-order valence-corrected chi connectivity index (χ4v) is 3.64. The Balaban J connectivity index is 1.86. The second-order valence-corrected chi connectivity index (χ2v) is 6.34. The zero-order valence-corrected chi connectivity index (χ0v) is 13.1. The first-order valence-corrected chi connectivity index (χ1v) is 8.06. The summed E-state index contributed by atoms with van der Waals surface area (Å²) >= 11 is 0. The summed E-state index contributed by atoms with van der Waals surface area (Å²) in [6.07, 6.45) is 2.42. The largest absolute Gasteiger partial charge is 0.316 e. The van der Waals surface area contributed by atoms with Gasteiger partial charge in [0.15, 0.2) is 0 Å². The van der Waals surface area contributed by atoms with E-state index in [1.807, 2.05) is 0 Å². The van der Waals surface area contributed by atoms with Gasteiger partial charge in [-0.2, -0.15) is 0 Å². The van der Waals surface area contributed by atoms with E-state index < -0.39 is 0 Å². The van der Waals surface area contributed by atoms with E-state index in [4.69, 9.17) is 0 Å². The minimum Gasteiger partial charge on any atom is -0.316 e. The van der Waals surface area contributed by atoms with Crippen molar-refractivity contribution >= 4 is 0 Å². The maximum atomic E-state index is 3.59. The molecule has 2 aromatic rings. The van der Waals surface area contributed by atoms with Gasteiger partial charge >= 0.3 is 0 Å². The van der Waals surface area contributed by atoms with E-state index in [0.29, 0.717) is 11.8 Å². The molecule has 1 N–H and O–H groups in total. The fraction of sp³-hybridized carbons (Fsp3) is 0.400. The first kappa shape index (κ1) is 14.3. The predicted octanol–water partition coefficient (Wildman–Crippen LogP) is 4.24. The third-order valence-corrected chi connectivity index (χ3v) is 4.99. The van der Waals surface area contributed by atoms with Crippen LogP contribution >= 0.6 is 0 Å². The van der Waals surface area contributed by atoms with E-state index in [2.05, 4.69) is 67.7 Å². The Hall–Kier alpha value is -1.60. The van der Waals surface area contributed by atoms with Crippen LogP contribution < -0.4 is 5.32 Å². The highest BCUT2D eigenvalue weighted by molar-refractivity contribution is 5.36. The van der Waals surface area contributed by atoms with Crippen molar-refractivity contribution in [2.24, 2.45) is 5.92 Å². The second kappa shape index (κ2) is 6.44. The number of aryl methyl sites for hydroxylation is 1. The highest BCUT2D eigenvalue weighted by atomic mass is 14.9. The molecule has 1 aliphatic rings. The van der Waals surface area contributed by atoms with Gasteiger partial charge in [-0.1, -0.05) is 48.5 Å². The molecule has 0 spiro atoms. The molecule has 21 heavy (non-hydrogen) atoms. The van der Waals surface area contributed by atoms with Crippen LogP contribution in [-0.4, -0.2) is 13.1 Å². The van der Waals surface area contributed by atoms with Crippen molar-refractivity contribution in [3.63, 3.8) is 0 Å². The van der Waals surface area contributed by atoms with E-state index in [1.54, 1.807) is 5.56 Å². The molecule has 0 aromatic heterocycles. The van der Waals surface area contributed by atoms with Gasteiger partial charge in [-0.05, 0) is 73.9 Å². The summed E-state index contributed by atoms with van der Waals surface area (Å²) in [5, 5.41) is 3.59. The van der Waals surface area contributed by atoms with Crippen LogP contribution in [0.25, 0.3) is 0 Å². The molecule has 2 atom stereocenters. The summed E-state index contributed by atoms with van der Waals surface area (Å²) < 4.78 is 0. The first-order chi connectivity index (χ1) is 10.3. The fourth-order valence-electron chi connectivity index (χ4n) is 3.64. The Morgan fingerprint density at radius 2 is 1.81 bits per heavy atom. The molecule has 110 valence electrons. The molecular weight excluding hydrogens is 254 g/mol. The van der Waals surface area contributed by atoms with Crippen LogP contribution in [0.3, 0.4) is 0 Å². The Morgan fingerprint density at radius 1 is 1.00 bits per heavy atom. The lowest BCUT2D eigenvalue weighted by molar-refractivity contribution is 0.323. The van der Waals surface area contributed by atoms with E-state index in [9.17, 15) is 0 Å². The third kappa shape index (κ3) is 3.19. The summed E-state index contributed by atoms with van der Waals surface area (Å²) in [6, 6.07) is 17.7. The van der Waals surface area contributed by atoms with Crippen molar-refractivity contribution in [2.75, 3.05) is 13.1 Å². The van der Waals surface area contributed by atoms with Gasteiger partial charge in [-0.3, -0.25) is 0 Å². The summed E-state index contributed by atoms with van der Waals surface area (Å²) in [6.45, 7) is 6.79. The maximum Gasteiger partial charge on any atom is -0.00115 e. The molecule has 2 unspecified atom stereocenters. The average Bonchev–Trinajstić information content (AvgIpc) is 2.52. The molecule has 0 radical (unpaired) electrons. The van der Waals surface area contributed by atoms with Crippen molar-refractivity contribution in [3.05, 3.63) is 70.8 Å². The number of piperidine rings is 1. The number of benzene rings is 2. The molecule has 1 heterocycles. The lowest BCUT2D eigenvalue weighted by Crippen LogP contribution is -2.36. The van der Waals surface area contributed by atoms with Gasteiger partial charge in [-0.25, -0.2) is 0 Å². The highest BCUT2D eigenvalue weighted by Gasteiger charge is 2.27. The lowest BCUT2D eigenvalue weighted by atomic mass is 9.76. The van der Waals surface area contributed by atoms with E-state index >= 15 is 0 Å². The molecule has 1 nitrogen and oxygen atoms in total. The van der Waals surface area contributed by atoms with Gasteiger partial charge in [-0.15, -0.1) is 0 Å². The molecule has 1 fully saturated rings. The number of rotatable bonds is 3. The number of hydrogen-bond donors (Lipinski definition) is 1. The first-order valence-electron chi connectivity index (χ1n) is 8.06. The molecule has 0 aliphatic carbocycles. The van der Waals surface area contributed by atoms with E-state index in [1.165, 1.54) is 29.5 Å². The topological polar surface area (TPSA) is 12.0 Å². The smallest absolute Gasteiger partial charge is 0.00115 e. The molecule has 0 bridgehead atoms. The number of nitrogens with one attached hydrogen (secondary N) is 1. The number of hydrogen-bond acceptors (Lipinski definition) is 1. The summed E-state index contributed by atoms with van der Waals surface area (Å²) in [4.78, 5) is 0. The van der Waals surface area contributed by atoms with E-state index in [0.717, 1.165) is 13.1 Å². The van der Waals surface area contributed by atoms with Crippen molar-refractivity contribution in [1.29, 1.82) is 0 Å². The van der Waals surface area contributed by atoms with Crippen LogP contribution in [-0.2, 0) is 6.42 Å². The monoisotopic (exact) mass is 279 g/mol. The van der Waals surface area contributed by atoms with Crippen LogP contribution in [0.4, 0.5) is 0 Å². The standard InChI is InChI=1S/C20H25N/c1-15-7-6-10-19(16(15)2)20-11-12-21-14-18(20)13-17-8-4-3-5-9-17/h3-10,18,20-21H,11-14H2,1-2H3. The van der Waals surface area contributed by atoms with Crippen LogP contribution in [0, 0.1) is 19.8 Å². The second-order valence-electron chi connectivity index (χ2n) is 6.34. The van der Waals surface area contributed by atoms with Crippen molar-refractivity contribution in [3.8, 4) is 0 Å². The summed E-state index contributed by atoms with van der Waals surface area (Å²) in [7, 11) is 0. The van der Waals surface area contributed by atoms with Crippen LogP contribution in [0.5, 0.6) is 0 Å². The predicted molar refractivity (Wildman–Crippen MR) is 89.8 cm³/mol. The van der Waals surface area contributed by atoms with Crippen molar-refractivity contribution < 1.29 is 0 Å². The SMILES string of the molecule is Cc1cccc(C2CCNCC2Cc2ccccc2)c1C. The van der Waals surface area contributed by atoms with Crippen LogP contribution in [0.15, 0.2) is 48.5 Å². The quantitative estimate of drug-likeness (QED) is 0.886. The normalized spacial score (nSPS) is 22.2. The highest BCUT2D eigenvalue weighted by Crippen LogP contribution is 2.35. The molecule has 0 saturated carbocycles. The van der Waals surface area contributed by atoms with Gasteiger partial charge in [0.25, 0.3) is 0 Å². The van der Waals surface area contributed by atoms with Crippen LogP contribution in [0.1, 0.15) is 34.6 Å². The van der Waals surface area contributed by atoms with Crippen molar-refractivity contribution in [1.82, 2.24) is 5.32 Å². The van der Waals surface area contributed by atoms with Gasteiger partial charge in [0.05, 0.1) is 0 Å². The zero-order chi connectivity index (χ0) is 14.7. The van der Waals surface area contributed by atoms with Gasteiger partial charge < -0.3 is 5.32 Å².